The highest BCUT2D eigenvalue weighted by atomic mass is 32.2. The van der Waals surface area contributed by atoms with Gasteiger partial charge in [-0.05, 0) is 13.0 Å². The van der Waals surface area contributed by atoms with Gasteiger partial charge in [-0.3, -0.25) is 29.9 Å². The van der Waals surface area contributed by atoms with E-state index in [1.165, 1.54) is 12.1 Å². The molecule has 2 rings (SSSR count). The largest absolute Gasteiger partial charge is 0.343 e. The summed E-state index contributed by atoms with van der Waals surface area (Å²) >= 11 is 5.60. The summed E-state index contributed by atoms with van der Waals surface area (Å²) in [5, 5.41) is 22.2. The van der Waals surface area contributed by atoms with Crippen molar-refractivity contribution < 1.29 is 19.4 Å². The topological polar surface area (TPSA) is 119 Å². The highest BCUT2D eigenvalue weighted by Crippen LogP contribution is 2.44. The Morgan fingerprint density at radius 3 is 2.42 bits per heavy atom. The number of non-ortho nitro benzene ring substituents is 1. The smallest absolute Gasteiger partial charge is 0.289 e. The number of nitro benzene ring substituents is 2. The molecule has 1 aromatic carbocycles. The van der Waals surface area contributed by atoms with Crippen LogP contribution in [0, 0.1) is 20.2 Å². The number of nitro groups is 2. The fourth-order valence-corrected chi connectivity index (χ4v) is 4.25. The molecule has 1 aliphatic rings. The maximum atomic E-state index is 11.3. The second-order valence-electron chi connectivity index (χ2n) is 5.38. The second-order valence-corrected chi connectivity index (χ2v) is 7.48. The molecule has 142 valence electrons. The molecule has 0 aromatic heterocycles. The van der Waals surface area contributed by atoms with Gasteiger partial charge in [0.15, 0.2) is 0 Å². The average molecular weight is 402 g/mol. The summed E-state index contributed by atoms with van der Waals surface area (Å²) in [5.74, 6) is 0. The van der Waals surface area contributed by atoms with Gasteiger partial charge in [-0.25, -0.2) is 0 Å². The van der Waals surface area contributed by atoms with E-state index in [1.54, 1.807) is 11.8 Å². The van der Waals surface area contributed by atoms with Gasteiger partial charge in [0.25, 0.3) is 11.4 Å². The molecule has 1 amide bonds. The average Bonchev–Trinajstić information content (AvgIpc) is 2.62. The van der Waals surface area contributed by atoms with Crippen molar-refractivity contribution >= 4 is 42.2 Å². The van der Waals surface area contributed by atoms with Crippen LogP contribution in [-0.2, 0) is 9.53 Å². The van der Waals surface area contributed by atoms with Gasteiger partial charge in [-0.1, -0.05) is 11.8 Å². The summed E-state index contributed by atoms with van der Waals surface area (Å²) in [6.45, 7) is 4.03. The molecule has 26 heavy (non-hydrogen) atoms. The van der Waals surface area contributed by atoms with Crippen LogP contribution in [0.4, 0.5) is 11.4 Å². The van der Waals surface area contributed by atoms with E-state index in [1.807, 2.05) is 4.90 Å². The van der Waals surface area contributed by atoms with E-state index < -0.39 is 14.2 Å². The molecule has 0 saturated carbocycles. The maximum Gasteiger partial charge on any atom is 0.289 e. The number of piperazine rings is 1. The van der Waals surface area contributed by atoms with Crippen LogP contribution in [0.5, 0.6) is 0 Å². The van der Waals surface area contributed by atoms with Crippen LogP contribution < -0.4 is 0 Å². The lowest BCUT2D eigenvalue weighted by molar-refractivity contribution is -0.396. The molecular formula is C14H18N4O6S2. The number of thioether (sulfide) groups is 1. The zero-order valence-corrected chi connectivity index (χ0v) is 15.6. The number of amides is 1. The van der Waals surface area contributed by atoms with Gasteiger partial charge in [-0.15, -0.1) is 12.6 Å². The molecule has 1 saturated heterocycles. The highest BCUT2D eigenvalue weighted by Gasteiger charge is 2.39. The number of hydrogen-bond donors (Lipinski definition) is 1. The molecule has 1 fully saturated rings. The molecule has 0 aliphatic carbocycles. The van der Waals surface area contributed by atoms with Crippen LogP contribution in [0.25, 0.3) is 0 Å². The number of ether oxygens (including phenoxy) is 1. The molecule has 1 heterocycles. The first-order valence-corrected chi connectivity index (χ1v) is 8.99. The number of benzene rings is 1. The maximum absolute atomic E-state index is 11.3. The predicted octanol–water partition coefficient (Wildman–Crippen LogP) is 1.95. The lowest BCUT2D eigenvalue weighted by Crippen LogP contribution is -2.54. The molecule has 10 nitrogen and oxygen atoms in total. The van der Waals surface area contributed by atoms with E-state index >= 15 is 0 Å². The van der Waals surface area contributed by atoms with E-state index in [0.29, 0.717) is 32.8 Å². The molecule has 0 N–H and O–H groups in total. The number of carbonyl (C=O) groups is 1. The Hall–Kier alpha value is -1.89. The Morgan fingerprint density at radius 1 is 1.27 bits per heavy atom. The summed E-state index contributed by atoms with van der Waals surface area (Å²) in [5.41, 5.74) is -0.740. The molecule has 0 bridgehead atoms. The molecule has 0 radical (unpaired) electrons. The van der Waals surface area contributed by atoms with E-state index in [9.17, 15) is 25.0 Å². The van der Waals surface area contributed by atoms with Gasteiger partial charge >= 0.3 is 0 Å². The first kappa shape index (κ1) is 20.4. The van der Waals surface area contributed by atoms with Gasteiger partial charge in [0, 0.05) is 38.9 Å². The van der Waals surface area contributed by atoms with Crippen LogP contribution >= 0.6 is 24.4 Å². The Labute approximate surface area is 159 Å². The van der Waals surface area contributed by atoms with Gasteiger partial charge < -0.3 is 9.64 Å². The lowest BCUT2D eigenvalue weighted by Gasteiger charge is -2.42. The molecule has 1 atom stereocenters. The molecule has 1 unspecified atom stereocenters. The third-order valence-corrected chi connectivity index (χ3v) is 5.68. The van der Waals surface area contributed by atoms with E-state index in [4.69, 9.17) is 4.74 Å². The quantitative estimate of drug-likeness (QED) is 0.175. The first-order valence-electron chi connectivity index (χ1n) is 7.73. The van der Waals surface area contributed by atoms with Gasteiger partial charge in [0.2, 0.25) is 10.8 Å². The van der Waals surface area contributed by atoms with Gasteiger partial charge in [-0.2, -0.15) is 0 Å². The van der Waals surface area contributed by atoms with Crippen molar-refractivity contribution in [1.29, 1.82) is 0 Å². The van der Waals surface area contributed by atoms with Crippen molar-refractivity contribution in [1.82, 2.24) is 9.80 Å². The van der Waals surface area contributed by atoms with Gasteiger partial charge in [0.1, 0.15) is 0 Å². The third kappa shape index (κ3) is 4.63. The number of thiol groups is 1. The van der Waals surface area contributed by atoms with E-state index in [2.05, 4.69) is 12.6 Å². The minimum atomic E-state index is -1.20. The summed E-state index contributed by atoms with van der Waals surface area (Å²) < 4.78 is 4.54. The van der Waals surface area contributed by atoms with Gasteiger partial charge in [0.05, 0.1) is 20.8 Å². The fourth-order valence-electron chi connectivity index (χ4n) is 2.47. The van der Waals surface area contributed by atoms with Crippen molar-refractivity contribution in [3.8, 4) is 0 Å². The molecule has 1 aromatic rings. The number of nitrogens with zero attached hydrogens (tertiary/aromatic N) is 4. The number of rotatable bonds is 8. The van der Waals surface area contributed by atoms with Crippen LogP contribution in [0.3, 0.4) is 0 Å². The highest BCUT2D eigenvalue weighted by molar-refractivity contribution is 8.11. The van der Waals surface area contributed by atoms with Crippen LogP contribution in [0.15, 0.2) is 23.1 Å². The Balaban J connectivity index is 2.30. The Morgan fingerprint density at radius 2 is 1.92 bits per heavy atom. The number of carbonyl (C=O) groups excluding carboxylic acids is 1. The monoisotopic (exact) mass is 402 g/mol. The fraction of sp³-hybridized carbons (Fsp3) is 0.500. The Bertz CT molecular complexity index is 698. The minimum Gasteiger partial charge on any atom is -0.343 e. The van der Waals surface area contributed by atoms with E-state index in [-0.39, 0.29) is 16.3 Å². The summed E-state index contributed by atoms with van der Waals surface area (Å²) in [6, 6.07) is 3.46. The molecule has 0 spiro atoms. The zero-order chi connectivity index (χ0) is 19.3. The SMILES string of the molecule is CCOC(S)(Sc1ccc([N+](=O)[O-])cc1[N+](=O)[O-])N1CCN(C=O)CC1. The zero-order valence-electron chi connectivity index (χ0n) is 13.9. The van der Waals surface area contributed by atoms with Crippen LogP contribution in [0.2, 0.25) is 0 Å². The standard InChI is InChI=1S/C14H18N4O6S2/c1-2-24-14(25,16-7-5-15(10-19)6-8-16)26-13-4-3-11(17(20)21)9-12(13)18(22)23/h3-4,9-10,25H,2,5-8H2,1H3. The Kier molecular flexibility index (Phi) is 6.81. The predicted molar refractivity (Wildman–Crippen MR) is 98.2 cm³/mol. The van der Waals surface area contributed by atoms with Crippen molar-refractivity contribution in [2.45, 2.75) is 16.2 Å². The van der Waals surface area contributed by atoms with Crippen molar-refractivity contribution in [2.24, 2.45) is 0 Å². The van der Waals surface area contributed by atoms with E-state index in [0.717, 1.165) is 24.2 Å². The third-order valence-electron chi connectivity index (χ3n) is 3.79. The first-order chi connectivity index (χ1) is 12.3. The summed E-state index contributed by atoms with van der Waals surface area (Å²) in [4.78, 5) is 35.4. The lowest BCUT2D eigenvalue weighted by atomic mass is 10.3. The summed E-state index contributed by atoms with van der Waals surface area (Å²) in [7, 11) is 0. The summed E-state index contributed by atoms with van der Waals surface area (Å²) in [6.07, 6.45) is 0.770. The molecule has 1 aliphatic heterocycles. The van der Waals surface area contributed by atoms with Crippen molar-refractivity contribution in [3.63, 3.8) is 0 Å². The molecule has 12 heteroatoms. The van der Waals surface area contributed by atoms with Crippen LogP contribution in [-0.4, -0.2) is 63.2 Å². The van der Waals surface area contributed by atoms with Crippen molar-refractivity contribution in [2.75, 3.05) is 32.8 Å². The second kappa shape index (κ2) is 8.66. The molecular weight excluding hydrogens is 384 g/mol. The minimum absolute atomic E-state index is 0.210. The van der Waals surface area contributed by atoms with Crippen molar-refractivity contribution in [3.05, 3.63) is 38.4 Å². The van der Waals surface area contributed by atoms with Crippen LogP contribution in [0.1, 0.15) is 6.92 Å². The number of hydrogen-bond acceptors (Lipinski definition) is 9. The normalized spacial score (nSPS) is 17.5.